The Morgan fingerprint density at radius 3 is 2.77 bits per heavy atom. The van der Waals surface area contributed by atoms with Gasteiger partial charge in [-0.3, -0.25) is 14.2 Å². The lowest BCUT2D eigenvalue weighted by Gasteiger charge is -2.20. The first-order chi connectivity index (χ1) is 10.6. The topological polar surface area (TPSA) is 113 Å². The molecule has 1 aliphatic heterocycles. The van der Waals surface area contributed by atoms with Crippen molar-refractivity contribution in [3.8, 4) is 5.75 Å². The van der Waals surface area contributed by atoms with Crippen molar-refractivity contribution >= 4 is 17.5 Å². The van der Waals surface area contributed by atoms with Crippen LogP contribution in [0.4, 0.5) is 11.6 Å². The summed E-state index contributed by atoms with van der Waals surface area (Å²) in [6.45, 7) is 1.52. The Labute approximate surface area is 125 Å². The Kier molecular flexibility index (Phi) is 3.53. The van der Waals surface area contributed by atoms with Gasteiger partial charge < -0.3 is 19.8 Å². The molecule has 2 aromatic rings. The van der Waals surface area contributed by atoms with E-state index < -0.39 is 17.2 Å². The first kappa shape index (κ1) is 14.1. The molecule has 0 bridgehead atoms. The summed E-state index contributed by atoms with van der Waals surface area (Å²) in [5.74, 6) is -1.01. The minimum absolute atomic E-state index is 0.314. The second-order valence-electron chi connectivity index (χ2n) is 5.03. The van der Waals surface area contributed by atoms with Gasteiger partial charge >= 0.3 is 0 Å². The van der Waals surface area contributed by atoms with Crippen molar-refractivity contribution in [1.82, 2.24) is 14.7 Å². The van der Waals surface area contributed by atoms with E-state index in [2.05, 4.69) is 20.0 Å². The number of aromatic nitrogens is 3. The number of carbonyl (C=O) groups excluding carboxylic acids is 1. The van der Waals surface area contributed by atoms with E-state index in [0.29, 0.717) is 11.6 Å². The smallest absolute Gasteiger partial charge is 0.297 e. The number of amides is 1. The van der Waals surface area contributed by atoms with E-state index in [0.717, 1.165) is 25.9 Å². The minimum atomic E-state index is -0.696. The van der Waals surface area contributed by atoms with Crippen molar-refractivity contribution in [2.45, 2.75) is 12.8 Å². The fourth-order valence-electron chi connectivity index (χ4n) is 2.39. The van der Waals surface area contributed by atoms with Crippen LogP contribution in [0.1, 0.15) is 23.3 Å². The number of anilines is 2. The van der Waals surface area contributed by atoms with Gasteiger partial charge in [0.1, 0.15) is 12.0 Å². The maximum atomic E-state index is 12.2. The molecule has 22 heavy (non-hydrogen) atoms. The summed E-state index contributed by atoms with van der Waals surface area (Å²) >= 11 is 0. The first-order valence-electron chi connectivity index (χ1n) is 6.83. The molecule has 2 N–H and O–H groups in total. The van der Waals surface area contributed by atoms with Crippen LogP contribution in [0, 0.1) is 0 Å². The number of carbonyl (C=O) groups is 1. The molecule has 0 unspecified atom stereocenters. The fraction of sp³-hybridized carbons (Fsp3) is 0.385. The van der Waals surface area contributed by atoms with Crippen molar-refractivity contribution in [3.05, 3.63) is 28.5 Å². The molecule has 2 aromatic heterocycles. The molecule has 0 aliphatic carbocycles. The van der Waals surface area contributed by atoms with Gasteiger partial charge in [-0.05, 0) is 12.8 Å². The molecular formula is C13H15N5O4. The molecule has 0 saturated carbocycles. The Hall–Kier alpha value is -2.84. The van der Waals surface area contributed by atoms with E-state index in [1.807, 2.05) is 4.90 Å². The van der Waals surface area contributed by atoms with Gasteiger partial charge in [-0.2, -0.15) is 0 Å². The summed E-state index contributed by atoms with van der Waals surface area (Å²) in [6.07, 6.45) is 4.53. The van der Waals surface area contributed by atoms with E-state index >= 15 is 0 Å². The lowest BCUT2D eigenvalue weighted by atomic mass is 10.3. The number of hydrogen-bond acceptors (Lipinski definition) is 7. The largest absolute Gasteiger partial charge is 0.501 e. The summed E-state index contributed by atoms with van der Waals surface area (Å²) in [4.78, 5) is 30.4. The molecule has 1 aliphatic rings. The van der Waals surface area contributed by atoms with E-state index in [-0.39, 0.29) is 5.69 Å². The maximum Gasteiger partial charge on any atom is 0.297 e. The Morgan fingerprint density at radius 1 is 1.41 bits per heavy atom. The molecule has 1 fully saturated rings. The third kappa shape index (κ3) is 2.41. The molecule has 9 heteroatoms. The zero-order valence-electron chi connectivity index (χ0n) is 11.9. The van der Waals surface area contributed by atoms with Crippen LogP contribution < -0.4 is 15.8 Å². The van der Waals surface area contributed by atoms with Crippen LogP contribution in [0.2, 0.25) is 0 Å². The minimum Gasteiger partial charge on any atom is -0.501 e. The summed E-state index contributed by atoms with van der Waals surface area (Å²) in [6, 6.07) is 0. The van der Waals surface area contributed by atoms with Gasteiger partial charge in [0.05, 0.1) is 6.20 Å². The van der Waals surface area contributed by atoms with Gasteiger partial charge in [-0.1, -0.05) is 5.16 Å². The molecule has 9 nitrogen and oxygen atoms in total. The van der Waals surface area contributed by atoms with Crippen molar-refractivity contribution in [1.29, 1.82) is 0 Å². The second-order valence-corrected chi connectivity index (χ2v) is 5.03. The fourth-order valence-corrected chi connectivity index (χ4v) is 2.39. The molecule has 1 saturated heterocycles. The SMILES string of the molecule is Cn1c(N2CCCC2)nc(C(=O)Nc2cnoc2)c(O)c1=O. The highest BCUT2D eigenvalue weighted by atomic mass is 16.5. The Balaban J connectivity index is 1.99. The highest BCUT2D eigenvalue weighted by Crippen LogP contribution is 2.20. The molecule has 0 radical (unpaired) electrons. The summed E-state index contributed by atoms with van der Waals surface area (Å²) in [5, 5.41) is 15.8. The number of aromatic hydroxyl groups is 1. The van der Waals surface area contributed by atoms with E-state index in [9.17, 15) is 14.7 Å². The second kappa shape index (κ2) is 5.51. The summed E-state index contributed by atoms with van der Waals surface area (Å²) < 4.78 is 5.85. The zero-order chi connectivity index (χ0) is 15.7. The van der Waals surface area contributed by atoms with Crippen molar-refractivity contribution in [2.24, 2.45) is 7.05 Å². The standard InChI is InChI=1S/C13H15N5O4/c1-17-12(21)10(19)9(11(20)15-8-6-14-22-7-8)16-13(17)18-4-2-3-5-18/h6-7,19H,2-5H2,1H3,(H,15,20). The summed E-state index contributed by atoms with van der Waals surface area (Å²) in [7, 11) is 1.52. The monoisotopic (exact) mass is 305 g/mol. The van der Waals surface area contributed by atoms with E-state index in [1.165, 1.54) is 24.1 Å². The normalized spacial score (nSPS) is 14.3. The van der Waals surface area contributed by atoms with Crippen LogP contribution in [0.25, 0.3) is 0 Å². The van der Waals surface area contributed by atoms with Crippen molar-refractivity contribution in [2.75, 3.05) is 23.3 Å². The van der Waals surface area contributed by atoms with Crippen LogP contribution in [0.3, 0.4) is 0 Å². The van der Waals surface area contributed by atoms with Gasteiger partial charge in [0.2, 0.25) is 11.7 Å². The number of nitrogens with one attached hydrogen (secondary N) is 1. The number of nitrogens with zero attached hydrogens (tertiary/aromatic N) is 4. The third-order valence-electron chi connectivity index (χ3n) is 3.54. The van der Waals surface area contributed by atoms with Crippen LogP contribution in [0.15, 0.2) is 21.8 Å². The van der Waals surface area contributed by atoms with Crippen molar-refractivity contribution < 1.29 is 14.4 Å². The van der Waals surface area contributed by atoms with Crippen LogP contribution in [-0.4, -0.2) is 38.8 Å². The zero-order valence-corrected chi connectivity index (χ0v) is 11.9. The molecule has 3 heterocycles. The van der Waals surface area contributed by atoms with Crippen LogP contribution in [0.5, 0.6) is 5.75 Å². The van der Waals surface area contributed by atoms with Crippen LogP contribution >= 0.6 is 0 Å². The number of rotatable bonds is 3. The third-order valence-corrected chi connectivity index (χ3v) is 3.54. The Bertz CT molecular complexity index is 747. The highest BCUT2D eigenvalue weighted by Gasteiger charge is 2.24. The van der Waals surface area contributed by atoms with Gasteiger partial charge in [0, 0.05) is 20.1 Å². The van der Waals surface area contributed by atoms with Gasteiger partial charge in [0.25, 0.3) is 11.5 Å². The van der Waals surface area contributed by atoms with Crippen molar-refractivity contribution in [3.63, 3.8) is 0 Å². The predicted molar refractivity (Wildman–Crippen MR) is 77.0 cm³/mol. The van der Waals surface area contributed by atoms with E-state index in [1.54, 1.807) is 0 Å². The molecule has 3 rings (SSSR count). The highest BCUT2D eigenvalue weighted by molar-refractivity contribution is 6.04. The molecule has 0 spiro atoms. The molecule has 0 atom stereocenters. The van der Waals surface area contributed by atoms with Crippen LogP contribution in [-0.2, 0) is 7.05 Å². The quantitative estimate of drug-likeness (QED) is 0.839. The lowest BCUT2D eigenvalue weighted by molar-refractivity contribution is 0.101. The molecule has 1 amide bonds. The molecule has 116 valence electrons. The van der Waals surface area contributed by atoms with Gasteiger partial charge in [-0.25, -0.2) is 4.98 Å². The average molecular weight is 305 g/mol. The average Bonchev–Trinajstić information content (AvgIpc) is 3.18. The lowest BCUT2D eigenvalue weighted by Crippen LogP contribution is -2.31. The summed E-state index contributed by atoms with van der Waals surface area (Å²) in [5.41, 5.74) is -0.659. The number of hydrogen-bond donors (Lipinski definition) is 2. The molecule has 0 aromatic carbocycles. The van der Waals surface area contributed by atoms with Gasteiger partial charge in [-0.15, -0.1) is 0 Å². The van der Waals surface area contributed by atoms with Gasteiger partial charge in [0.15, 0.2) is 5.69 Å². The molecular weight excluding hydrogens is 290 g/mol. The maximum absolute atomic E-state index is 12.2. The predicted octanol–water partition coefficient (Wildman–Crippen LogP) is 0.326. The Morgan fingerprint density at radius 2 is 2.14 bits per heavy atom. The first-order valence-corrected chi connectivity index (χ1v) is 6.83. The van der Waals surface area contributed by atoms with E-state index in [4.69, 9.17) is 0 Å².